The Kier molecular flexibility index (Phi) is 7.38. The van der Waals surface area contributed by atoms with Crippen LogP contribution in [-0.4, -0.2) is 36.4 Å². The summed E-state index contributed by atoms with van der Waals surface area (Å²) in [5.74, 6) is -0.148. The van der Waals surface area contributed by atoms with Gasteiger partial charge in [0.2, 0.25) is 0 Å². The Morgan fingerprint density at radius 1 is 0.943 bits per heavy atom. The summed E-state index contributed by atoms with van der Waals surface area (Å²) in [4.78, 5) is 13.1. The summed E-state index contributed by atoms with van der Waals surface area (Å²) in [6, 6.07) is 22.6. The van der Waals surface area contributed by atoms with E-state index in [4.69, 9.17) is 0 Å². The minimum atomic E-state index is -3.24. The normalized spacial score (nSPS) is 11.6. The van der Waals surface area contributed by atoms with E-state index in [9.17, 15) is 18.3 Å². The molecule has 1 heterocycles. The van der Waals surface area contributed by atoms with E-state index in [1.165, 1.54) is 11.1 Å². The predicted octanol–water partition coefficient (Wildman–Crippen LogP) is 4.26. The van der Waals surface area contributed by atoms with E-state index in [2.05, 4.69) is 47.1 Å². The van der Waals surface area contributed by atoms with E-state index in [1.807, 2.05) is 12.1 Å². The SMILES string of the molecule is CCS(=O)(=O)c1ccc(CNC(=O)c2ccc3c(c2)cc(Cc2ccc(C)cc2)n3CCO)cc1. The lowest BCUT2D eigenvalue weighted by atomic mass is 10.1. The third kappa shape index (κ3) is 5.63. The number of aryl methyl sites for hydroxylation is 1. The number of benzene rings is 3. The molecule has 35 heavy (non-hydrogen) atoms. The number of hydrogen-bond donors (Lipinski definition) is 2. The van der Waals surface area contributed by atoms with Gasteiger partial charge in [-0.15, -0.1) is 0 Å². The van der Waals surface area contributed by atoms with Crippen LogP contribution in [-0.2, 0) is 29.3 Å². The van der Waals surface area contributed by atoms with Crippen LogP contribution in [0.1, 0.15) is 39.7 Å². The predicted molar refractivity (Wildman–Crippen MR) is 138 cm³/mol. The van der Waals surface area contributed by atoms with Crippen LogP contribution in [0.4, 0.5) is 0 Å². The molecule has 6 nitrogen and oxygen atoms in total. The Hall–Kier alpha value is -3.42. The van der Waals surface area contributed by atoms with Crippen molar-refractivity contribution < 1.29 is 18.3 Å². The lowest BCUT2D eigenvalue weighted by Crippen LogP contribution is -2.22. The number of rotatable bonds is 9. The average molecular weight is 491 g/mol. The largest absolute Gasteiger partial charge is 0.395 e. The molecule has 0 saturated carbocycles. The first-order chi connectivity index (χ1) is 16.8. The monoisotopic (exact) mass is 490 g/mol. The molecule has 0 aliphatic carbocycles. The van der Waals surface area contributed by atoms with Crippen molar-refractivity contribution in [1.29, 1.82) is 0 Å². The molecule has 0 radical (unpaired) electrons. The molecule has 7 heteroatoms. The molecule has 4 aromatic rings. The van der Waals surface area contributed by atoms with Crippen LogP contribution < -0.4 is 5.32 Å². The number of nitrogens with one attached hydrogen (secondary N) is 1. The summed E-state index contributed by atoms with van der Waals surface area (Å²) in [5.41, 5.74) is 5.83. The van der Waals surface area contributed by atoms with E-state index in [1.54, 1.807) is 37.3 Å². The molecule has 3 aromatic carbocycles. The van der Waals surface area contributed by atoms with Crippen LogP contribution in [0.25, 0.3) is 10.9 Å². The number of nitrogens with zero attached hydrogens (tertiary/aromatic N) is 1. The third-order valence-corrected chi connectivity index (χ3v) is 7.94. The zero-order valence-electron chi connectivity index (χ0n) is 20.0. The van der Waals surface area contributed by atoms with Gasteiger partial charge in [0.25, 0.3) is 5.91 Å². The summed E-state index contributed by atoms with van der Waals surface area (Å²) in [5, 5.41) is 13.5. The van der Waals surface area contributed by atoms with Crippen molar-refractivity contribution in [2.24, 2.45) is 0 Å². The van der Waals surface area contributed by atoms with Crippen molar-refractivity contribution in [2.45, 2.75) is 38.3 Å². The molecule has 0 saturated heterocycles. The minimum Gasteiger partial charge on any atom is -0.395 e. The molecule has 182 valence electrons. The van der Waals surface area contributed by atoms with Gasteiger partial charge < -0.3 is 15.0 Å². The van der Waals surface area contributed by atoms with Crippen molar-refractivity contribution >= 4 is 26.6 Å². The van der Waals surface area contributed by atoms with Gasteiger partial charge in [-0.3, -0.25) is 4.79 Å². The van der Waals surface area contributed by atoms with Gasteiger partial charge in [0.1, 0.15) is 0 Å². The first-order valence-electron chi connectivity index (χ1n) is 11.7. The molecule has 0 aliphatic heterocycles. The van der Waals surface area contributed by atoms with Gasteiger partial charge in [-0.2, -0.15) is 0 Å². The Balaban J connectivity index is 1.51. The Morgan fingerprint density at radius 3 is 2.29 bits per heavy atom. The summed E-state index contributed by atoms with van der Waals surface area (Å²) < 4.78 is 26.0. The van der Waals surface area contributed by atoms with Gasteiger partial charge in [0.05, 0.1) is 17.3 Å². The van der Waals surface area contributed by atoms with Crippen LogP contribution in [0.2, 0.25) is 0 Å². The van der Waals surface area contributed by atoms with E-state index in [0.29, 0.717) is 18.7 Å². The Labute approximate surface area is 206 Å². The zero-order chi connectivity index (χ0) is 25.0. The van der Waals surface area contributed by atoms with Gasteiger partial charge >= 0.3 is 0 Å². The van der Waals surface area contributed by atoms with Crippen molar-refractivity contribution in [3.8, 4) is 0 Å². The van der Waals surface area contributed by atoms with E-state index < -0.39 is 9.84 Å². The number of carbonyl (C=O) groups excluding carboxylic acids is 1. The summed E-state index contributed by atoms with van der Waals surface area (Å²) in [7, 11) is -3.24. The molecule has 0 spiro atoms. The molecule has 0 fully saturated rings. The van der Waals surface area contributed by atoms with Crippen molar-refractivity contribution in [3.63, 3.8) is 0 Å². The molecule has 1 aromatic heterocycles. The van der Waals surface area contributed by atoms with Crippen molar-refractivity contribution in [1.82, 2.24) is 9.88 Å². The van der Waals surface area contributed by atoms with Crippen molar-refractivity contribution in [3.05, 3.63) is 101 Å². The van der Waals surface area contributed by atoms with Crippen molar-refractivity contribution in [2.75, 3.05) is 12.4 Å². The second-order valence-electron chi connectivity index (χ2n) is 8.68. The summed E-state index contributed by atoms with van der Waals surface area (Å²) >= 11 is 0. The number of amides is 1. The minimum absolute atomic E-state index is 0.0330. The fourth-order valence-electron chi connectivity index (χ4n) is 4.16. The number of aliphatic hydroxyl groups is 1. The van der Waals surface area contributed by atoms with Gasteiger partial charge in [0.15, 0.2) is 9.84 Å². The Bertz CT molecular complexity index is 1440. The second-order valence-corrected chi connectivity index (χ2v) is 11.0. The topological polar surface area (TPSA) is 88.4 Å². The summed E-state index contributed by atoms with van der Waals surface area (Å²) in [6.07, 6.45) is 0.736. The highest BCUT2D eigenvalue weighted by Crippen LogP contribution is 2.24. The highest BCUT2D eigenvalue weighted by molar-refractivity contribution is 7.91. The fraction of sp³-hybridized carbons (Fsp3) is 0.250. The summed E-state index contributed by atoms with van der Waals surface area (Å²) in [6.45, 7) is 4.49. The van der Waals surface area contributed by atoms with E-state index in [0.717, 1.165) is 28.6 Å². The highest BCUT2D eigenvalue weighted by Gasteiger charge is 2.14. The average Bonchev–Trinajstić information content (AvgIpc) is 3.20. The number of aliphatic hydroxyl groups excluding tert-OH is 1. The maximum Gasteiger partial charge on any atom is 0.251 e. The van der Waals surface area contributed by atoms with E-state index >= 15 is 0 Å². The first-order valence-corrected chi connectivity index (χ1v) is 13.3. The number of fused-ring (bicyclic) bond motifs is 1. The molecular weight excluding hydrogens is 460 g/mol. The first kappa shape index (κ1) is 24.7. The molecular formula is C28H30N2O4S. The third-order valence-electron chi connectivity index (χ3n) is 6.19. The number of sulfone groups is 1. The molecule has 4 rings (SSSR count). The maximum atomic E-state index is 12.8. The lowest BCUT2D eigenvalue weighted by molar-refractivity contribution is 0.0951. The van der Waals surface area contributed by atoms with Gasteiger partial charge in [0, 0.05) is 41.7 Å². The van der Waals surface area contributed by atoms with Gasteiger partial charge in [-0.05, 0) is 54.4 Å². The molecule has 1 amide bonds. The maximum absolute atomic E-state index is 12.8. The van der Waals surface area contributed by atoms with Crippen LogP contribution in [0.15, 0.2) is 77.7 Å². The van der Waals surface area contributed by atoms with Crippen LogP contribution in [0, 0.1) is 6.92 Å². The lowest BCUT2D eigenvalue weighted by Gasteiger charge is -2.10. The smallest absolute Gasteiger partial charge is 0.251 e. The number of hydrogen-bond acceptors (Lipinski definition) is 4. The Morgan fingerprint density at radius 2 is 1.63 bits per heavy atom. The number of aromatic nitrogens is 1. The molecule has 0 bridgehead atoms. The van der Waals surface area contributed by atoms with E-state index in [-0.39, 0.29) is 23.2 Å². The van der Waals surface area contributed by atoms with Crippen LogP contribution in [0.3, 0.4) is 0 Å². The fourth-order valence-corrected chi connectivity index (χ4v) is 5.04. The van der Waals surface area contributed by atoms with Crippen LogP contribution in [0.5, 0.6) is 0 Å². The molecule has 0 aliphatic rings. The zero-order valence-corrected chi connectivity index (χ0v) is 20.8. The van der Waals surface area contributed by atoms with Gasteiger partial charge in [-0.25, -0.2) is 8.42 Å². The van der Waals surface area contributed by atoms with Gasteiger partial charge in [-0.1, -0.05) is 48.9 Å². The molecule has 2 N–H and O–H groups in total. The quantitative estimate of drug-likeness (QED) is 0.367. The standard InChI is InChI=1S/C28H30N2O4S/c1-3-35(33,34)26-11-8-22(9-12-26)19-29-28(32)23-10-13-27-24(17-23)18-25(30(27)14-15-31)16-21-6-4-20(2)5-7-21/h4-13,17-18,31H,3,14-16,19H2,1-2H3,(H,29,32). The number of carbonyl (C=O) groups is 1. The molecule has 0 unspecified atom stereocenters. The highest BCUT2D eigenvalue weighted by atomic mass is 32.2. The van der Waals surface area contributed by atoms with Crippen LogP contribution >= 0.6 is 0 Å². The molecule has 0 atom stereocenters. The second kappa shape index (κ2) is 10.5.